The molecule has 86 valence electrons. The number of anilines is 1. The highest BCUT2D eigenvalue weighted by molar-refractivity contribution is 8.13. The van der Waals surface area contributed by atoms with Crippen LogP contribution in [0.15, 0.2) is 23.1 Å². The molecule has 0 aromatic heterocycles. The Morgan fingerprint density at radius 2 is 2.38 bits per heavy atom. The highest BCUT2D eigenvalue weighted by Gasteiger charge is 2.04. The average Bonchev–Trinajstić information content (AvgIpc) is 2.35. The highest BCUT2D eigenvalue weighted by Crippen LogP contribution is 2.30. The lowest BCUT2D eigenvalue weighted by Gasteiger charge is -2.11. The minimum atomic E-state index is -0.339. The number of hydrogen-bond donors (Lipinski definition) is 2. The van der Waals surface area contributed by atoms with E-state index in [0.717, 1.165) is 16.3 Å². The van der Waals surface area contributed by atoms with Crippen LogP contribution >= 0.6 is 10.7 Å². The molecule has 1 aromatic carbocycles. The molecular formula is C12H16N2OS. The van der Waals surface area contributed by atoms with Gasteiger partial charge in [0.15, 0.2) is 0 Å². The molecule has 0 heterocycles. The summed E-state index contributed by atoms with van der Waals surface area (Å²) in [4.78, 5) is 1.05. The van der Waals surface area contributed by atoms with Gasteiger partial charge in [-0.2, -0.15) is 0 Å². The van der Waals surface area contributed by atoms with E-state index >= 15 is 0 Å². The molecule has 0 amide bonds. The number of nitrogens with one attached hydrogen (secondary N) is 1. The van der Waals surface area contributed by atoms with Gasteiger partial charge in [-0.15, -0.1) is 6.42 Å². The van der Waals surface area contributed by atoms with E-state index in [2.05, 4.69) is 11.2 Å². The quantitative estimate of drug-likeness (QED) is 0.621. The van der Waals surface area contributed by atoms with Gasteiger partial charge in [0.1, 0.15) is 5.75 Å². The minimum absolute atomic E-state index is 0.339. The number of rotatable bonds is 4. The van der Waals surface area contributed by atoms with E-state index in [-0.39, 0.29) is 10.7 Å². The van der Waals surface area contributed by atoms with Crippen LogP contribution in [0.5, 0.6) is 5.75 Å². The van der Waals surface area contributed by atoms with E-state index < -0.39 is 0 Å². The molecule has 0 bridgehead atoms. The number of terminal acetylenes is 1. The summed E-state index contributed by atoms with van der Waals surface area (Å²) in [5, 5.41) is 11.0. The Balaban J connectivity index is 3.02. The third-order valence-corrected chi connectivity index (χ3v) is 3.39. The molecule has 1 atom stereocenters. The fraction of sp³-hybridized carbons (Fsp3) is 0.250. The van der Waals surface area contributed by atoms with Crippen LogP contribution in [0.2, 0.25) is 0 Å². The van der Waals surface area contributed by atoms with Crippen LogP contribution in [-0.2, 0) is 0 Å². The van der Waals surface area contributed by atoms with Crippen LogP contribution in [0.25, 0.3) is 0 Å². The molecule has 3 nitrogen and oxygen atoms in total. The third kappa shape index (κ3) is 3.02. The Morgan fingerprint density at radius 1 is 1.62 bits per heavy atom. The van der Waals surface area contributed by atoms with Gasteiger partial charge in [0, 0.05) is 4.90 Å². The van der Waals surface area contributed by atoms with Gasteiger partial charge < -0.3 is 10.1 Å². The lowest BCUT2D eigenvalue weighted by Crippen LogP contribution is -2.01. The molecule has 0 radical (unpaired) electrons. The normalized spacial score (nSPS) is 11.9. The molecule has 1 rings (SSSR count). The molecular weight excluding hydrogens is 220 g/mol. The Hall–Kier alpha value is -1.44. The fourth-order valence-electron chi connectivity index (χ4n) is 1.25. The van der Waals surface area contributed by atoms with Crippen molar-refractivity contribution in [1.82, 2.24) is 0 Å². The smallest absolute Gasteiger partial charge is 0.143 e. The lowest BCUT2D eigenvalue weighted by molar-refractivity contribution is 0.415. The van der Waals surface area contributed by atoms with Crippen LogP contribution < -0.4 is 15.2 Å². The predicted molar refractivity (Wildman–Crippen MR) is 72.1 cm³/mol. The first-order valence-corrected chi connectivity index (χ1v) is 6.20. The summed E-state index contributed by atoms with van der Waals surface area (Å²) < 4.78 is 5.28. The number of ether oxygens (including phenoxy) is 1. The fourth-order valence-corrected chi connectivity index (χ4v) is 1.99. The van der Waals surface area contributed by atoms with Crippen LogP contribution in [0.1, 0.15) is 6.92 Å². The van der Waals surface area contributed by atoms with Crippen molar-refractivity contribution in [3.63, 3.8) is 0 Å². The Bertz CT molecular complexity index is 435. The molecule has 0 saturated heterocycles. The largest absolute Gasteiger partial charge is 0.495 e. The summed E-state index contributed by atoms with van der Waals surface area (Å²) in [5.41, 5.74) is 0.886. The first-order valence-electron chi connectivity index (χ1n) is 4.85. The van der Waals surface area contributed by atoms with Gasteiger partial charge in [-0.25, -0.2) is 0 Å². The Kier molecular flexibility index (Phi) is 4.90. The molecule has 1 unspecified atom stereocenters. The first kappa shape index (κ1) is 12.6. The zero-order valence-corrected chi connectivity index (χ0v) is 10.3. The molecule has 1 aromatic rings. The second kappa shape index (κ2) is 6.21. The van der Waals surface area contributed by atoms with Gasteiger partial charge in [0.05, 0.1) is 19.3 Å². The van der Waals surface area contributed by atoms with E-state index in [9.17, 15) is 0 Å². The number of benzene rings is 1. The summed E-state index contributed by atoms with van der Waals surface area (Å²) in [5.74, 6) is 3.28. The van der Waals surface area contributed by atoms with E-state index in [1.54, 1.807) is 7.11 Å². The van der Waals surface area contributed by atoms with Gasteiger partial charge in [0.2, 0.25) is 0 Å². The minimum Gasteiger partial charge on any atom is -0.495 e. The van der Waals surface area contributed by atoms with Crippen molar-refractivity contribution in [2.24, 2.45) is 5.14 Å². The molecule has 0 saturated carbocycles. The Morgan fingerprint density at radius 3 is 2.94 bits per heavy atom. The predicted octanol–water partition coefficient (Wildman–Crippen LogP) is 2.06. The van der Waals surface area contributed by atoms with Crippen LogP contribution in [-0.4, -0.2) is 19.0 Å². The van der Waals surface area contributed by atoms with Gasteiger partial charge in [-0.3, -0.25) is 5.14 Å². The molecule has 3 N–H and O–H groups in total. The summed E-state index contributed by atoms with van der Waals surface area (Å²) in [6.07, 6.45) is 5.19. The Labute approximate surface area is 99.1 Å². The van der Waals surface area contributed by atoms with Crippen LogP contribution in [0, 0.1) is 12.3 Å². The number of nitrogens with two attached hydrogens (primary N) is 1. The van der Waals surface area contributed by atoms with E-state index in [1.165, 1.54) is 0 Å². The maximum Gasteiger partial charge on any atom is 0.143 e. The van der Waals surface area contributed by atoms with Crippen molar-refractivity contribution in [3.05, 3.63) is 18.2 Å². The molecule has 4 heteroatoms. The topological polar surface area (TPSA) is 47.3 Å². The maximum absolute atomic E-state index is 5.93. The summed E-state index contributed by atoms with van der Waals surface area (Å²) in [6.45, 7) is 2.42. The summed E-state index contributed by atoms with van der Waals surface area (Å²) >= 11 is 0. The maximum atomic E-state index is 5.93. The highest BCUT2D eigenvalue weighted by atomic mass is 32.2. The standard InChI is InChI=1S/C12H16N2OS/c1-4-8-14-11-7-6-10(16(13)5-2)9-12(11)15-3/h1,5-7,9,14H,8,13H2,2-3H3. The van der Waals surface area contributed by atoms with E-state index in [0.29, 0.717) is 6.54 Å². The molecule has 0 spiro atoms. The third-order valence-electron chi connectivity index (χ3n) is 2.08. The second-order valence-corrected chi connectivity index (χ2v) is 4.71. The lowest BCUT2D eigenvalue weighted by atomic mass is 10.3. The molecule has 0 aliphatic heterocycles. The molecule has 0 fully saturated rings. The molecule has 0 aliphatic carbocycles. The zero-order chi connectivity index (χ0) is 12.0. The average molecular weight is 236 g/mol. The van der Waals surface area contributed by atoms with Crippen LogP contribution in [0.4, 0.5) is 5.69 Å². The monoisotopic (exact) mass is 236 g/mol. The van der Waals surface area contributed by atoms with Crippen molar-refractivity contribution in [2.75, 3.05) is 19.0 Å². The van der Waals surface area contributed by atoms with Crippen molar-refractivity contribution in [3.8, 4) is 18.1 Å². The van der Waals surface area contributed by atoms with Crippen molar-refractivity contribution in [2.45, 2.75) is 11.8 Å². The second-order valence-electron chi connectivity index (χ2n) is 3.03. The molecule has 16 heavy (non-hydrogen) atoms. The van der Waals surface area contributed by atoms with Crippen molar-refractivity contribution < 1.29 is 4.74 Å². The van der Waals surface area contributed by atoms with Gasteiger partial charge in [-0.1, -0.05) is 16.6 Å². The summed E-state index contributed by atoms with van der Waals surface area (Å²) in [6, 6.07) is 5.84. The molecule has 0 aliphatic rings. The van der Waals surface area contributed by atoms with E-state index in [4.69, 9.17) is 16.3 Å². The van der Waals surface area contributed by atoms with Gasteiger partial charge in [0.25, 0.3) is 0 Å². The van der Waals surface area contributed by atoms with Crippen molar-refractivity contribution >= 4 is 21.7 Å². The SMILES string of the molecule is C#CCNc1ccc(/S(N)=C\C)cc1OC. The first-order chi connectivity index (χ1) is 7.72. The van der Waals surface area contributed by atoms with Gasteiger partial charge >= 0.3 is 0 Å². The van der Waals surface area contributed by atoms with Gasteiger partial charge in [-0.05, 0) is 30.5 Å². The van der Waals surface area contributed by atoms with E-state index in [1.807, 2.05) is 30.5 Å². The number of hydrogen-bond acceptors (Lipinski definition) is 3. The zero-order valence-electron chi connectivity index (χ0n) is 9.49. The van der Waals surface area contributed by atoms with Crippen LogP contribution in [0.3, 0.4) is 0 Å². The summed E-state index contributed by atoms with van der Waals surface area (Å²) in [7, 11) is 1.29. The number of methoxy groups -OCH3 is 1. The van der Waals surface area contributed by atoms with Crippen molar-refractivity contribution in [1.29, 1.82) is 0 Å².